The molecule has 0 radical (unpaired) electrons. The molecule has 134 valence electrons. The second kappa shape index (κ2) is 5.98. The lowest BCUT2D eigenvalue weighted by Gasteiger charge is -2.21. The van der Waals surface area contributed by atoms with Crippen LogP contribution in [-0.2, 0) is 4.79 Å². The molecule has 7 nitrogen and oxygen atoms in total. The number of nitrogens with one attached hydrogen (secondary N) is 3. The van der Waals surface area contributed by atoms with Crippen LogP contribution in [0.1, 0.15) is 16.8 Å². The number of rotatable bonds is 2. The van der Waals surface area contributed by atoms with E-state index in [-0.39, 0.29) is 5.91 Å². The fraction of sp³-hybridized carbons (Fsp3) is 0.150. The van der Waals surface area contributed by atoms with Crippen molar-refractivity contribution >= 4 is 28.9 Å². The first kappa shape index (κ1) is 15.6. The average molecular weight is 359 g/mol. The van der Waals surface area contributed by atoms with Crippen molar-refractivity contribution in [1.82, 2.24) is 15.0 Å². The van der Waals surface area contributed by atoms with E-state index in [1.807, 2.05) is 30.5 Å². The fourth-order valence-electron chi connectivity index (χ4n) is 3.51. The number of ether oxygens (including phenoxy) is 1. The molecule has 0 saturated heterocycles. The van der Waals surface area contributed by atoms with E-state index < -0.39 is 0 Å². The van der Waals surface area contributed by atoms with Crippen molar-refractivity contribution in [3.05, 3.63) is 53.7 Å². The summed E-state index contributed by atoms with van der Waals surface area (Å²) >= 11 is 0. The Morgan fingerprint density at radius 1 is 1.22 bits per heavy atom. The molecule has 7 heteroatoms. The number of benzene rings is 1. The van der Waals surface area contributed by atoms with Crippen LogP contribution in [0.4, 0.5) is 11.4 Å². The summed E-state index contributed by atoms with van der Waals surface area (Å²) < 4.78 is 5.61. The van der Waals surface area contributed by atoms with Gasteiger partial charge >= 0.3 is 0 Å². The third-order valence-electron chi connectivity index (χ3n) is 4.88. The highest BCUT2D eigenvalue weighted by atomic mass is 16.5. The molecule has 5 rings (SSSR count). The summed E-state index contributed by atoms with van der Waals surface area (Å²) in [6.07, 6.45) is 6.91. The standard InChI is InChI=1S/C20H17N5O2/c1-11-16(9-23-20-18(11)22-4-5-27-20)12-2-3-17-14(6-12)15(19(26)25-17)7-13-8-21-10-24-13/h2-3,6-10,22H,4-5H2,1H3,(H,21,24)(H,25,26)/b15-7-. The monoisotopic (exact) mass is 359 g/mol. The number of fused-ring (bicyclic) bond motifs is 2. The Labute approximate surface area is 155 Å². The van der Waals surface area contributed by atoms with Gasteiger partial charge in [0.1, 0.15) is 12.3 Å². The zero-order valence-corrected chi connectivity index (χ0v) is 14.7. The van der Waals surface area contributed by atoms with E-state index in [0.29, 0.717) is 18.1 Å². The number of aromatic nitrogens is 3. The molecule has 0 fully saturated rings. The topological polar surface area (TPSA) is 91.9 Å². The van der Waals surface area contributed by atoms with Crippen molar-refractivity contribution in [2.45, 2.75) is 6.92 Å². The molecule has 2 aliphatic heterocycles. The van der Waals surface area contributed by atoms with Gasteiger partial charge in [-0.2, -0.15) is 0 Å². The maximum atomic E-state index is 12.4. The number of anilines is 2. The Balaban J connectivity index is 1.61. The number of H-pyrrole nitrogens is 1. The largest absolute Gasteiger partial charge is 0.474 e. The van der Waals surface area contributed by atoms with Crippen LogP contribution in [0.3, 0.4) is 0 Å². The summed E-state index contributed by atoms with van der Waals surface area (Å²) in [5.41, 5.74) is 7.09. The number of carbonyl (C=O) groups is 1. The molecule has 2 aliphatic rings. The first-order chi connectivity index (χ1) is 13.2. The normalized spacial score (nSPS) is 16.3. The fourth-order valence-corrected chi connectivity index (χ4v) is 3.51. The summed E-state index contributed by atoms with van der Waals surface area (Å²) in [7, 11) is 0. The van der Waals surface area contributed by atoms with Gasteiger partial charge in [0.25, 0.3) is 5.91 Å². The molecule has 27 heavy (non-hydrogen) atoms. The molecule has 3 N–H and O–H groups in total. The molecule has 0 aliphatic carbocycles. The summed E-state index contributed by atoms with van der Waals surface area (Å²) in [5, 5.41) is 6.28. The highest BCUT2D eigenvalue weighted by Crippen LogP contribution is 2.39. The van der Waals surface area contributed by atoms with Gasteiger partial charge in [-0.05, 0) is 36.3 Å². The highest BCUT2D eigenvalue weighted by molar-refractivity contribution is 6.35. The predicted octanol–water partition coefficient (Wildman–Crippen LogP) is 3.08. The van der Waals surface area contributed by atoms with Crippen LogP contribution in [0.5, 0.6) is 5.88 Å². The predicted molar refractivity (Wildman–Crippen MR) is 103 cm³/mol. The average Bonchev–Trinajstić information content (AvgIpc) is 3.31. The van der Waals surface area contributed by atoms with E-state index in [4.69, 9.17) is 4.74 Å². The van der Waals surface area contributed by atoms with Crippen molar-refractivity contribution in [2.75, 3.05) is 23.8 Å². The van der Waals surface area contributed by atoms with Crippen LogP contribution < -0.4 is 15.4 Å². The highest BCUT2D eigenvalue weighted by Gasteiger charge is 2.25. The third kappa shape index (κ3) is 2.55. The van der Waals surface area contributed by atoms with Gasteiger partial charge in [-0.3, -0.25) is 4.79 Å². The molecular formula is C20H17N5O2. The zero-order valence-electron chi connectivity index (χ0n) is 14.7. The van der Waals surface area contributed by atoms with Crippen LogP contribution >= 0.6 is 0 Å². The maximum absolute atomic E-state index is 12.4. The smallest absolute Gasteiger partial charge is 0.256 e. The van der Waals surface area contributed by atoms with Crippen molar-refractivity contribution in [3.8, 4) is 17.0 Å². The minimum atomic E-state index is -0.118. The maximum Gasteiger partial charge on any atom is 0.256 e. The molecule has 0 bridgehead atoms. The number of aromatic amines is 1. The lowest BCUT2D eigenvalue weighted by Crippen LogP contribution is -2.20. The summed E-state index contributed by atoms with van der Waals surface area (Å²) in [6, 6.07) is 5.95. The zero-order chi connectivity index (χ0) is 18.4. The Morgan fingerprint density at radius 3 is 3.00 bits per heavy atom. The summed E-state index contributed by atoms with van der Waals surface area (Å²) in [5.74, 6) is 0.521. The molecule has 0 unspecified atom stereocenters. The van der Waals surface area contributed by atoms with Crippen LogP contribution in [0, 0.1) is 6.92 Å². The SMILES string of the molecule is Cc1c(-c2ccc3c(c2)/C(=C/c2cnc[nH]2)C(=O)N3)cnc2c1NCCO2. The van der Waals surface area contributed by atoms with Crippen LogP contribution in [0.2, 0.25) is 0 Å². The molecule has 3 aromatic rings. The number of pyridine rings is 1. The molecule has 4 heterocycles. The molecule has 1 aromatic carbocycles. The van der Waals surface area contributed by atoms with Gasteiger partial charge in [0.05, 0.1) is 23.8 Å². The van der Waals surface area contributed by atoms with Gasteiger partial charge in [-0.15, -0.1) is 0 Å². The van der Waals surface area contributed by atoms with E-state index in [9.17, 15) is 4.79 Å². The molecular weight excluding hydrogens is 342 g/mol. The molecule has 1 amide bonds. The lowest BCUT2D eigenvalue weighted by atomic mass is 9.96. The van der Waals surface area contributed by atoms with Crippen LogP contribution in [0.15, 0.2) is 36.9 Å². The van der Waals surface area contributed by atoms with Crippen molar-refractivity contribution in [3.63, 3.8) is 0 Å². The molecule has 0 saturated carbocycles. The van der Waals surface area contributed by atoms with E-state index >= 15 is 0 Å². The molecule has 0 atom stereocenters. The molecule has 0 spiro atoms. The van der Waals surface area contributed by atoms with Gasteiger partial charge in [0, 0.05) is 29.6 Å². The first-order valence-corrected chi connectivity index (χ1v) is 8.73. The Kier molecular flexibility index (Phi) is 3.46. The second-order valence-corrected chi connectivity index (χ2v) is 6.53. The van der Waals surface area contributed by atoms with Gasteiger partial charge in [-0.25, -0.2) is 9.97 Å². The first-order valence-electron chi connectivity index (χ1n) is 8.73. The number of nitrogens with zero attached hydrogens (tertiary/aromatic N) is 2. The Morgan fingerprint density at radius 2 is 2.15 bits per heavy atom. The van der Waals surface area contributed by atoms with Crippen LogP contribution in [-0.4, -0.2) is 34.0 Å². The minimum Gasteiger partial charge on any atom is -0.474 e. The van der Waals surface area contributed by atoms with Crippen molar-refractivity contribution in [2.24, 2.45) is 0 Å². The van der Waals surface area contributed by atoms with Crippen LogP contribution in [0.25, 0.3) is 22.8 Å². The van der Waals surface area contributed by atoms with Gasteiger partial charge < -0.3 is 20.4 Å². The number of imidazole rings is 1. The van der Waals surface area contributed by atoms with Gasteiger partial charge in [-0.1, -0.05) is 6.07 Å². The van der Waals surface area contributed by atoms with E-state index in [0.717, 1.165) is 45.9 Å². The van der Waals surface area contributed by atoms with E-state index in [1.54, 1.807) is 12.5 Å². The molecule has 2 aromatic heterocycles. The van der Waals surface area contributed by atoms with Crippen molar-refractivity contribution < 1.29 is 9.53 Å². The van der Waals surface area contributed by atoms with E-state index in [1.165, 1.54) is 0 Å². The minimum absolute atomic E-state index is 0.118. The summed E-state index contributed by atoms with van der Waals surface area (Å²) in [6.45, 7) is 3.43. The van der Waals surface area contributed by atoms with Crippen molar-refractivity contribution in [1.29, 1.82) is 0 Å². The van der Waals surface area contributed by atoms with Gasteiger partial charge in [0.2, 0.25) is 5.88 Å². The number of carbonyl (C=O) groups excluding carboxylic acids is 1. The number of hydrogen-bond donors (Lipinski definition) is 3. The Hall–Kier alpha value is -3.61. The quantitative estimate of drug-likeness (QED) is 0.612. The number of hydrogen-bond acceptors (Lipinski definition) is 5. The van der Waals surface area contributed by atoms with E-state index in [2.05, 4.69) is 32.5 Å². The lowest BCUT2D eigenvalue weighted by molar-refractivity contribution is -0.110. The number of amides is 1. The second-order valence-electron chi connectivity index (χ2n) is 6.53. The third-order valence-corrected chi connectivity index (χ3v) is 4.88. The summed E-state index contributed by atoms with van der Waals surface area (Å²) in [4.78, 5) is 23.9. The van der Waals surface area contributed by atoms with Gasteiger partial charge in [0.15, 0.2) is 0 Å². The Bertz CT molecular complexity index is 1090.